The monoisotopic (exact) mass is 415 g/mol. The van der Waals surface area contributed by atoms with Crippen LogP contribution in [0.1, 0.15) is 26.3 Å². The van der Waals surface area contributed by atoms with E-state index >= 15 is 0 Å². The summed E-state index contributed by atoms with van der Waals surface area (Å²) < 4.78 is 8.63. The van der Waals surface area contributed by atoms with Crippen molar-refractivity contribution < 1.29 is 9.84 Å². The largest absolute Gasteiger partial charge is 0.491 e. The number of aromatic nitrogens is 4. The van der Waals surface area contributed by atoms with E-state index in [1.54, 1.807) is 11.6 Å². The maximum Gasteiger partial charge on any atom is 0.329 e. The van der Waals surface area contributed by atoms with E-state index in [-0.39, 0.29) is 24.3 Å². The molecule has 0 spiro atoms. The van der Waals surface area contributed by atoms with E-state index in [1.165, 1.54) is 4.57 Å². The zero-order valence-corrected chi connectivity index (χ0v) is 17.8. The summed E-state index contributed by atoms with van der Waals surface area (Å²) in [5, 5.41) is 13.8. The van der Waals surface area contributed by atoms with Gasteiger partial charge in [0, 0.05) is 13.6 Å². The first kappa shape index (κ1) is 21.6. The van der Waals surface area contributed by atoms with Crippen molar-refractivity contribution >= 4 is 17.1 Å². The lowest BCUT2D eigenvalue weighted by Crippen LogP contribution is -2.31. The number of fused-ring (bicyclic) bond motifs is 1. The van der Waals surface area contributed by atoms with E-state index < -0.39 is 17.4 Å². The van der Waals surface area contributed by atoms with Crippen LogP contribution in [0.15, 0.2) is 33.9 Å². The predicted molar refractivity (Wildman–Crippen MR) is 116 cm³/mol. The van der Waals surface area contributed by atoms with Crippen molar-refractivity contribution in [3.8, 4) is 5.75 Å². The highest BCUT2D eigenvalue weighted by molar-refractivity contribution is 5.74. The fourth-order valence-corrected chi connectivity index (χ4v) is 3.15. The number of benzene rings is 1. The summed E-state index contributed by atoms with van der Waals surface area (Å²) in [6, 6.07) is 7.71. The molecule has 0 aliphatic carbocycles. The lowest BCUT2D eigenvalue weighted by atomic mass is 10.2. The lowest BCUT2D eigenvalue weighted by Gasteiger charge is -2.16. The summed E-state index contributed by atoms with van der Waals surface area (Å²) in [6.45, 7) is 6.94. The first-order valence-corrected chi connectivity index (χ1v) is 10.1. The van der Waals surface area contributed by atoms with Gasteiger partial charge in [-0.3, -0.25) is 14.3 Å². The molecule has 0 saturated heterocycles. The van der Waals surface area contributed by atoms with E-state index in [9.17, 15) is 14.7 Å². The fourth-order valence-electron chi connectivity index (χ4n) is 3.15. The molecule has 1 atom stereocenters. The van der Waals surface area contributed by atoms with Gasteiger partial charge in [0.25, 0.3) is 5.56 Å². The topological polar surface area (TPSA) is 114 Å². The number of anilines is 1. The van der Waals surface area contributed by atoms with Gasteiger partial charge in [-0.15, -0.1) is 0 Å². The van der Waals surface area contributed by atoms with Crippen LogP contribution in [-0.2, 0) is 20.0 Å². The third-order valence-corrected chi connectivity index (χ3v) is 4.82. The van der Waals surface area contributed by atoms with Crippen LogP contribution >= 0.6 is 0 Å². The number of aryl methyl sites for hydroxylation is 2. The van der Waals surface area contributed by atoms with Gasteiger partial charge in [0.15, 0.2) is 11.2 Å². The van der Waals surface area contributed by atoms with Crippen molar-refractivity contribution in [1.29, 1.82) is 0 Å². The van der Waals surface area contributed by atoms with Gasteiger partial charge in [-0.25, -0.2) is 4.79 Å². The number of nitrogens with one attached hydrogen (secondary N) is 2. The third-order valence-electron chi connectivity index (χ3n) is 4.82. The Hall–Kier alpha value is -3.07. The Kier molecular flexibility index (Phi) is 6.61. The molecular formula is C21H29N5O4. The zero-order chi connectivity index (χ0) is 21.8. The summed E-state index contributed by atoms with van der Waals surface area (Å²) in [7, 11) is 1.55. The number of H-pyrrole nitrogens is 1. The molecule has 0 fully saturated rings. The Balaban J connectivity index is 1.87. The number of aliphatic hydroxyl groups excluding tert-OH is 1. The van der Waals surface area contributed by atoms with Gasteiger partial charge in [0.05, 0.1) is 6.54 Å². The molecule has 0 aliphatic rings. The van der Waals surface area contributed by atoms with Gasteiger partial charge in [-0.05, 0) is 30.0 Å². The summed E-state index contributed by atoms with van der Waals surface area (Å²) in [5.41, 5.74) is 0.568. The van der Waals surface area contributed by atoms with E-state index in [4.69, 9.17) is 4.74 Å². The van der Waals surface area contributed by atoms with E-state index in [2.05, 4.69) is 36.1 Å². The number of hydrogen-bond acceptors (Lipinski definition) is 6. The van der Waals surface area contributed by atoms with E-state index in [0.29, 0.717) is 24.2 Å². The van der Waals surface area contributed by atoms with Crippen LogP contribution in [0.5, 0.6) is 5.75 Å². The molecule has 2 heterocycles. The summed E-state index contributed by atoms with van der Waals surface area (Å²) in [4.78, 5) is 31.2. The number of hydrogen-bond donors (Lipinski definition) is 3. The smallest absolute Gasteiger partial charge is 0.329 e. The molecule has 162 valence electrons. The molecule has 3 rings (SSSR count). The van der Waals surface area contributed by atoms with E-state index in [0.717, 1.165) is 12.0 Å². The molecule has 0 saturated carbocycles. The number of aromatic amines is 1. The Morgan fingerprint density at radius 3 is 2.77 bits per heavy atom. The number of nitrogens with zero attached hydrogens (tertiary/aromatic N) is 3. The van der Waals surface area contributed by atoms with Gasteiger partial charge in [-0.2, -0.15) is 4.98 Å². The van der Waals surface area contributed by atoms with Crippen LogP contribution in [0.25, 0.3) is 11.2 Å². The minimum absolute atomic E-state index is 0.0557. The van der Waals surface area contributed by atoms with Crippen molar-refractivity contribution in [2.75, 3.05) is 18.5 Å². The molecule has 0 aliphatic heterocycles. The highest BCUT2D eigenvalue weighted by atomic mass is 16.5. The molecule has 9 nitrogen and oxygen atoms in total. The van der Waals surface area contributed by atoms with Gasteiger partial charge in [-0.1, -0.05) is 32.9 Å². The highest BCUT2D eigenvalue weighted by Crippen LogP contribution is 2.18. The SMILES string of the molecule is CCc1cccc(OCC(O)Cn2c(NCC(C)C)nc3c2c(=O)[nH]c(=O)n3C)c1. The molecule has 0 radical (unpaired) electrons. The first-order valence-electron chi connectivity index (χ1n) is 10.1. The van der Waals surface area contributed by atoms with Crippen molar-refractivity contribution in [2.24, 2.45) is 13.0 Å². The second kappa shape index (κ2) is 9.17. The van der Waals surface area contributed by atoms with E-state index in [1.807, 2.05) is 24.3 Å². The quantitative estimate of drug-likeness (QED) is 0.488. The van der Waals surface area contributed by atoms with Crippen LogP contribution in [-0.4, -0.2) is 43.5 Å². The van der Waals surface area contributed by atoms with Crippen LogP contribution in [0.3, 0.4) is 0 Å². The summed E-state index contributed by atoms with van der Waals surface area (Å²) in [6.07, 6.45) is 0.0107. The Morgan fingerprint density at radius 2 is 2.07 bits per heavy atom. The first-order chi connectivity index (χ1) is 14.3. The zero-order valence-electron chi connectivity index (χ0n) is 17.8. The summed E-state index contributed by atoms with van der Waals surface area (Å²) >= 11 is 0. The second-order valence-electron chi connectivity index (χ2n) is 7.78. The highest BCUT2D eigenvalue weighted by Gasteiger charge is 2.20. The molecule has 1 unspecified atom stereocenters. The normalized spacial score (nSPS) is 12.5. The average Bonchev–Trinajstić information content (AvgIpc) is 3.08. The molecule has 3 N–H and O–H groups in total. The maximum atomic E-state index is 12.5. The minimum atomic E-state index is -0.885. The Labute approximate surface area is 174 Å². The van der Waals surface area contributed by atoms with Gasteiger partial charge in [0.1, 0.15) is 18.5 Å². The fraction of sp³-hybridized carbons (Fsp3) is 0.476. The van der Waals surface area contributed by atoms with Crippen LogP contribution < -0.4 is 21.3 Å². The predicted octanol–water partition coefficient (Wildman–Crippen LogP) is 1.49. The Bertz CT molecular complexity index is 1130. The minimum Gasteiger partial charge on any atom is -0.491 e. The summed E-state index contributed by atoms with van der Waals surface area (Å²) in [5.74, 6) is 1.46. The number of aliphatic hydroxyl groups is 1. The molecule has 2 aromatic heterocycles. The van der Waals surface area contributed by atoms with Gasteiger partial charge < -0.3 is 19.7 Å². The molecular weight excluding hydrogens is 386 g/mol. The lowest BCUT2D eigenvalue weighted by molar-refractivity contribution is 0.0938. The van der Waals surface area contributed by atoms with Crippen molar-refractivity contribution in [3.63, 3.8) is 0 Å². The van der Waals surface area contributed by atoms with Crippen molar-refractivity contribution in [2.45, 2.75) is 39.8 Å². The van der Waals surface area contributed by atoms with Crippen molar-refractivity contribution in [3.05, 3.63) is 50.7 Å². The molecule has 9 heteroatoms. The standard InChI is InChI=1S/C21H29N5O4/c1-5-14-7-6-8-16(9-14)30-12-15(27)11-26-17-18(23-20(26)22-10-13(2)3)25(4)21(29)24-19(17)28/h6-9,13,15,27H,5,10-12H2,1-4H3,(H,22,23)(H,24,28,29). The maximum absolute atomic E-state index is 12.5. The van der Waals surface area contributed by atoms with Crippen LogP contribution in [0, 0.1) is 5.92 Å². The second-order valence-corrected chi connectivity index (χ2v) is 7.78. The molecule has 3 aromatic rings. The number of ether oxygens (including phenoxy) is 1. The molecule has 0 bridgehead atoms. The average molecular weight is 415 g/mol. The molecule has 1 aromatic carbocycles. The third kappa shape index (κ3) is 4.73. The molecule has 0 amide bonds. The van der Waals surface area contributed by atoms with Crippen molar-refractivity contribution in [1.82, 2.24) is 19.1 Å². The van der Waals surface area contributed by atoms with Gasteiger partial charge >= 0.3 is 5.69 Å². The molecule has 30 heavy (non-hydrogen) atoms. The van der Waals surface area contributed by atoms with Crippen LogP contribution in [0.2, 0.25) is 0 Å². The number of imidazole rings is 1. The number of rotatable bonds is 9. The Morgan fingerprint density at radius 1 is 1.30 bits per heavy atom. The van der Waals surface area contributed by atoms with Crippen LogP contribution in [0.4, 0.5) is 5.95 Å². The van der Waals surface area contributed by atoms with Gasteiger partial charge in [0.2, 0.25) is 5.95 Å².